The Labute approximate surface area is 66.8 Å². The lowest BCUT2D eigenvalue weighted by atomic mass is 10.3. The third kappa shape index (κ3) is 1.81. The molecule has 1 rings (SSSR count). The van der Waals surface area contributed by atoms with Crippen LogP contribution in [-0.4, -0.2) is 17.0 Å². The first-order valence-electron chi connectivity index (χ1n) is 2.97. The van der Waals surface area contributed by atoms with Crippen LogP contribution in [0.4, 0.5) is 4.39 Å². The van der Waals surface area contributed by atoms with Crippen molar-refractivity contribution in [3.8, 4) is 0 Å². The molecule has 0 aliphatic rings. The number of isocyanates is 1. The minimum atomic E-state index is -0.850. The molecule has 0 aromatic carbocycles. The number of halogens is 1. The summed E-state index contributed by atoms with van der Waals surface area (Å²) in [5.41, 5.74) is -0.0710. The van der Waals surface area contributed by atoms with Gasteiger partial charge in [-0.15, -0.1) is 4.99 Å². The van der Waals surface area contributed by atoms with Crippen molar-refractivity contribution in [1.82, 2.24) is 4.98 Å². The summed E-state index contributed by atoms with van der Waals surface area (Å²) in [6, 6.07) is 0.941. The maximum absolute atomic E-state index is 12.4. The maximum Gasteiger partial charge on any atom is 0.289 e. The molecule has 1 aromatic rings. The van der Waals surface area contributed by atoms with Gasteiger partial charge in [-0.2, -0.15) is 0 Å². The average molecular weight is 166 g/mol. The number of carbonyl (C=O) groups excluding carboxylic acids is 2. The molecule has 0 fully saturated rings. The zero-order valence-electron chi connectivity index (χ0n) is 5.82. The number of hydrogen-bond donors (Lipinski definition) is 0. The van der Waals surface area contributed by atoms with Crippen LogP contribution in [0.1, 0.15) is 10.4 Å². The fraction of sp³-hybridized carbons (Fsp3) is 0. The van der Waals surface area contributed by atoms with Crippen molar-refractivity contribution in [2.24, 2.45) is 4.99 Å². The highest BCUT2D eigenvalue weighted by molar-refractivity contribution is 5.97. The molecule has 5 heteroatoms. The number of amides is 1. The molecule has 0 aliphatic heterocycles. The van der Waals surface area contributed by atoms with Crippen LogP contribution >= 0.6 is 0 Å². The molecule has 0 unspecified atom stereocenters. The van der Waals surface area contributed by atoms with E-state index in [2.05, 4.69) is 9.98 Å². The molecule has 0 saturated heterocycles. The van der Waals surface area contributed by atoms with Gasteiger partial charge in [0.2, 0.25) is 6.08 Å². The first-order valence-corrected chi connectivity index (χ1v) is 2.97. The van der Waals surface area contributed by atoms with Crippen LogP contribution < -0.4 is 0 Å². The molecule has 0 bridgehead atoms. The lowest BCUT2D eigenvalue weighted by molar-refractivity contribution is 0.100. The van der Waals surface area contributed by atoms with E-state index < -0.39 is 11.7 Å². The zero-order valence-corrected chi connectivity index (χ0v) is 5.82. The lowest BCUT2D eigenvalue weighted by Crippen LogP contribution is -1.95. The molecule has 1 amide bonds. The van der Waals surface area contributed by atoms with Gasteiger partial charge in [-0.05, 0) is 6.07 Å². The van der Waals surface area contributed by atoms with Crippen molar-refractivity contribution < 1.29 is 14.0 Å². The summed E-state index contributed by atoms with van der Waals surface area (Å²) in [6.45, 7) is 0. The second-order valence-corrected chi connectivity index (χ2v) is 1.90. The zero-order chi connectivity index (χ0) is 8.97. The second kappa shape index (κ2) is 3.50. The van der Waals surface area contributed by atoms with Crippen LogP contribution in [0.15, 0.2) is 23.5 Å². The fourth-order valence-electron chi connectivity index (χ4n) is 0.635. The monoisotopic (exact) mass is 166 g/mol. The Morgan fingerprint density at radius 2 is 2.33 bits per heavy atom. The highest BCUT2D eigenvalue weighted by Gasteiger charge is 2.04. The fourth-order valence-corrected chi connectivity index (χ4v) is 0.635. The van der Waals surface area contributed by atoms with Gasteiger partial charge in [0.1, 0.15) is 5.82 Å². The Morgan fingerprint density at radius 1 is 1.58 bits per heavy atom. The summed E-state index contributed by atoms with van der Waals surface area (Å²) < 4.78 is 12.4. The Hall–Kier alpha value is -1.87. The molecule has 12 heavy (non-hydrogen) atoms. The predicted molar refractivity (Wildman–Crippen MR) is 36.6 cm³/mol. The van der Waals surface area contributed by atoms with E-state index in [-0.39, 0.29) is 5.56 Å². The molecule has 0 atom stereocenters. The highest BCUT2D eigenvalue weighted by Crippen LogP contribution is 2.01. The number of aliphatic imine (C=N–C) groups is 1. The summed E-state index contributed by atoms with van der Waals surface area (Å²) in [6.07, 6.45) is 3.12. The normalized spacial score (nSPS) is 8.75. The van der Waals surface area contributed by atoms with Gasteiger partial charge in [0.15, 0.2) is 0 Å². The molecular weight excluding hydrogens is 163 g/mol. The van der Waals surface area contributed by atoms with E-state index in [9.17, 15) is 14.0 Å². The first kappa shape index (κ1) is 8.23. The molecule has 0 saturated carbocycles. The van der Waals surface area contributed by atoms with Gasteiger partial charge in [-0.1, -0.05) is 0 Å². The lowest BCUT2D eigenvalue weighted by Gasteiger charge is -1.91. The van der Waals surface area contributed by atoms with Crippen molar-refractivity contribution in [3.05, 3.63) is 29.8 Å². The van der Waals surface area contributed by atoms with Crippen LogP contribution in [-0.2, 0) is 4.79 Å². The first-order chi connectivity index (χ1) is 5.74. The quantitative estimate of drug-likeness (QED) is 0.455. The van der Waals surface area contributed by atoms with Crippen molar-refractivity contribution >= 4 is 12.0 Å². The minimum absolute atomic E-state index is 0.0710. The molecule has 1 heterocycles. The topological polar surface area (TPSA) is 59.4 Å². The van der Waals surface area contributed by atoms with Gasteiger partial charge in [-0.25, -0.2) is 9.18 Å². The molecule has 4 nitrogen and oxygen atoms in total. The number of carbonyl (C=O) groups is 1. The highest BCUT2D eigenvalue weighted by atomic mass is 19.1. The van der Waals surface area contributed by atoms with Crippen molar-refractivity contribution in [3.63, 3.8) is 0 Å². The smallest absolute Gasteiger partial charge is 0.266 e. The molecular formula is C7H3FN2O2. The molecule has 0 spiro atoms. The molecule has 0 N–H and O–H groups in total. The van der Waals surface area contributed by atoms with Crippen molar-refractivity contribution in [2.75, 3.05) is 0 Å². The summed E-state index contributed by atoms with van der Waals surface area (Å²) in [5.74, 6) is -1.50. The van der Waals surface area contributed by atoms with E-state index in [1.54, 1.807) is 0 Å². The van der Waals surface area contributed by atoms with E-state index in [1.807, 2.05) is 0 Å². The van der Waals surface area contributed by atoms with E-state index in [0.717, 1.165) is 24.5 Å². The standard InChI is InChI=1S/C7H3FN2O2/c8-6-1-5(2-9-3-6)7(12)10-4-11/h1-3H. The van der Waals surface area contributed by atoms with Crippen molar-refractivity contribution in [2.45, 2.75) is 0 Å². The van der Waals surface area contributed by atoms with E-state index in [1.165, 1.54) is 0 Å². The summed E-state index contributed by atoms with van der Waals surface area (Å²) in [5, 5.41) is 0. The maximum atomic E-state index is 12.4. The molecule has 0 aliphatic carbocycles. The second-order valence-electron chi connectivity index (χ2n) is 1.90. The van der Waals surface area contributed by atoms with E-state index in [4.69, 9.17) is 0 Å². The Balaban J connectivity index is 3.03. The van der Waals surface area contributed by atoms with Crippen LogP contribution in [0, 0.1) is 5.82 Å². The van der Waals surface area contributed by atoms with Crippen LogP contribution in [0.3, 0.4) is 0 Å². The number of pyridine rings is 1. The van der Waals surface area contributed by atoms with E-state index in [0.29, 0.717) is 0 Å². The SMILES string of the molecule is O=C=NC(=O)c1cncc(F)c1. The third-order valence-corrected chi connectivity index (χ3v) is 1.10. The van der Waals surface area contributed by atoms with Crippen LogP contribution in [0.2, 0.25) is 0 Å². The largest absolute Gasteiger partial charge is 0.289 e. The van der Waals surface area contributed by atoms with Gasteiger partial charge in [0, 0.05) is 6.20 Å². The van der Waals surface area contributed by atoms with Gasteiger partial charge >= 0.3 is 0 Å². The number of hydrogen-bond acceptors (Lipinski definition) is 3. The Kier molecular flexibility index (Phi) is 2.40. The molecule has 0 radical (unpaired) electrons. The third-order valence-electron chi connectivity index (χ3n) is 1.10. The number of nitrogens with zero attached hydrogens (tertiary/aromatic N) is 2. The summed E-state index contributed by atoms with van der Waals surface area (Å²) in [7, 11) is 0. The molecule has 1 aromatic heterocycles. The van der Waals surface area contributed by atoms with Crippen LogP contribution in [0.25, 0.3) is 0 Å². The van der Waals surface area contributed by atoms with Gasteiger partial charge in [0.25, 0.3) is 5.91 Å². The molecule has 60 valence electrons. The summed E-state index contributed by atoms with van der Waals surface area (Å²) in [4.78, 5) is 26.6. The van der Waals surface area contributed by atoms with Gasteiger partial charge < -0.3 is 0 Å². The van der Waals surface area contributed by atoms with E-state index >= 15 is 0 Å². The van der Waals surface area contributed by atoms with Gasteiger partial charge in [-0.3, -0.25) is 9.78 Å². The number of rotatable bonds is 1. The van der Waals surface area contributed by atoms with Gasteiger partial charge in [0.05, 0.1) is 11.8 Å². The van der Waals surface area contributed by atoms with Crippen molar-refractivity contribution in [1.29, 1.82) is 0 Å². The predicted octanol–water partition coefficient (Wildman–Crippen LogP) is 0.697. The van der Waals surface area contributed by atoms with Crippen LogP contribution in [0.5, 0.6) is 0 Å². The Bertz CT molecular complexity index is 358. The minimum Gasteiger partial charge on any atom is -0.266 e. The number of aromatic nitrogens is 1. The summed E-state index contributed by atoms with van der Waals surface area (Å²) >= 11 is 0. The Morgan fingerprint density at radius 3 is 2.92 bits per heavy atom. The average Bonchev–Trinajstić information content (AvgIpc) is 2.05.